The Bertz CT molecular complexity index is 830. The molecule has 5 nitrogen and oxygen atoms in total. The second-order valence-corrected chi connectivity index (χ2v) is 9.23. The van der Waals surface area contributed by atoms with Crippen LogP contribution < -0.4 is 5.32 Å². The quantitative estimate of drug-likeness (QED) is 0.482. The van der Waals surface area contributed by atoms with E-state index in [9.17, 15) is 14.4 Å². The van der Waals surface area contributed by atoms with Crippen LogP contribution in [0.5, 0.6) is 0 Å². The number of nitrogens with one attached hydrogen (secondary N) is 1. The molecule has 0 aliphatic carbocycles. The van der Waals surface area contributed by atoms with Gasteiger partial charge in [0.25, 0.3) is 0 Å². The zero-order chi connectivity index (χ0) is 22.5. The molecule has 2 rings (SSSR count). The Morgan fingerprint density at radius 2 is 1.55 bits per heavy atom. The number of carbonyl (C=O) groups is 3. The lowest BCUT2D eigenvalue weighted by molar-refractivity contribution is -0.147. The van der Waals surface area contributed by atoms with E-state index in [0.717, 1.165) is 28.6 Å². The highest BCUT2D eigenvalue weighted by Gasteiger charge is 2.27. The number of ether oxygens (including phenoxy) is 1. The van der Waals surface area contributed by atoms with E-state index in [-0.39, 0.29) is 17.6 Å². The first-order valence-electron chi connectivity index (χ1n) is 10.3. The largest absolute Gasteiger partial charge is 0.464 e. The molecule has 0 radical (unpaired) electrons. The summed E-state index contributed by atoms with van der Waals surface area (Å²) >= 11 is 2.70. The predicted octanol–water partition coefficient (Wildman–Crippen LogP) is 4.11. The smallest absolute Gasteiger partial charge is 0.329 e. The summed E-state index contributed by atoms with van der Waals surface area (Å²) in [6.07, 6.45) is 0.500. The summed E-state index contributed by atoms with van der Waals surface area (Å²) in [6.45, 7) is 3.49. The van der Waals surface area contributed by atoms with Crippen LogP contribution in [0.2, 0.25) is 0 Å². The number of carbonyl (C=O) groups excluding carboxylic acids is 3. The zero-order valence-corrected chi connectivity index (χ0v) is 19.5. The monoisotopic (exact) mass is 459 g/mol. The highest BCUT2D eigenvalue weighted by atomic mass is 32.2. The van der Waals surface area contributed by atoms with Gasteiger partial charge in [0, 0.05) is 24.2 Å². The molecule has 0 heterocycles. The average molecular weight is 460 g/mol. The first-order valence-corrected chi connectivity index (χ1v) is 12.4. The van der Waals surface area contributed by atoms with Crippen molar-refractivity contribution in [2.24, 2.45) is 5.92 Å². The molecule has 31 heavy (non-hydrogen) atoms. The van der Waals surface area contributed by atoms with E-state index in [2.05, 4.69) is 5.32 Å². The topological polar surface area (TPSA) is 72.5 Å². The first-order chi connectivity index (χ1) is 15.0. The van der Waals surface area contributed by atoms with Crippen molar-refractivity contribution in [3.8, 4) is 0 Å². The van der Waals surface area contributed by atoms with Gasteiger partial charge in [-0.15, -0.1) is 0 Å². The molecule has 0 bridgehead atoms. The second-order valence-electron chi connectivity index (χ2n) is 7.00. The molecule has 0 fully saturated rings. The Morgan fingerprint density at radius 1 is 0.935 bits per heavy atom. The standard InChI is InChI=1S/C24H29NO4S2/c1-3-29-24(28)22(17-30-15-20-12-8-5-9-13-20)25-23(27)21(16-31-18(2)26)14-19-10-6-4-7-11-19/h4-13,21-22H,3,14-17H2,1-2H3,(H,25,27)/t21-,22+/m1/s1. The summed E-state index contributed by atoms with van der Waals surface area (Å²) in [6, 6.07) is 18.9. The van der Waals surface area contributed by atoms with E-state index in [4.69, 9.17) is 4.74 Å². The number of rotatable bonds is 12. The summed E-state index contributed by atoms with van der Waals surface area (Å²) in [5.74, 6) is 0.415. The highest BCUT2D eigenvalue weighted by Crippen LogP contribution is 2.18. The van der Waals surface area contributed by atoms with Crippen LogP contribution in [0.3, 0.4) is 0 Å². The summed E-state index contributed by atoms with van der Waals surface area (Å²) in [5, 5.41) is 2.84. The summed E-state index contributed by atoms with van der Waals surface area (Å²) < 4.78 is 5.18. The SMILES string of the molecule is CCOC(=O)[C@H](CSCc1ccccc1)NC(=O)[C@@H](CSC(C)=O)Cc1ccccc1. The van der Waals surface area contributed by atoms with Gasteiger partial charge in [-0.25, -0.2) is 4.79 Å². The molecule has 0 spiro atoms. The molecular formula is C24H29NO4S2. The maximum absolute atomic E-state index is 13.1. The van der Waals surface area contributed by atoms with Crippen LogP contribution >= 0.6 is 23.5 Å². The van der Waals surface area contributed by atoms with Crippen LogP contribution in [0.15, 0.2) is 60.7 Å². The molecule has 1 N–H and O–H groups in total. The van der Waals surface area contributed by atoms with Crippen molar-refractivity contribution in [3.05, 3.63) is 71.8 Å². The van der Waals surface area contributed by atoms with E-state index in [0.29, 0.717) is 17.9 Å². The van der Waals surface area contributed by atoms with Crippen molar-refractivity contribution in [1.29, 1.82) is 0 Å². The van der Waals surface area contributed by atoms with E-state index in [1.54, 1.807) is 18.7 Å². The molecule has 2 aromatic carbocycles. The fraction of sp³-hybridized carbons (Fsp3) is 0.375. The molecule has 0 saturated heterocycles. The second kappa shape index (κ2) is 13.9. The van der Waals surface area contributed by atoms with Crippen molar-refractivity contribution in [3.63, 3.8) is 0 Å². The Morgan fingerprint density at radius 3 is 2.13 bits per heavy atom. The maximum atomic E-state index is 13.1. The molecule has 7 heteroatoms. The van der Waals surface area contributed by atoms with E-state index < -0.39 is 17.9 Å². The van der Waals surface area contributed by atoms with Gasteiger partial charge in [-0.3, -0.25) is 9.59 Å². The fourth-order valence-corrected chi connectivity index (χ4v) is 4.62. The average Bonchev–Trinajstić information content (AvgIpc) is 2.77. The Balaban J connectivity index is 2.03. The van der Waals surface area contributed by atoms with Crippen LogP contribution in [0.25, 0.3) is 0 Å². The normalized spacial score (nSPS) is 12.6. The summed E-state index contributed by atoms with van der Waals surface area (Å²) in [4.78, 5) is 37.0. The van der Waals surface area contributed by atoms with Crippen molar-refractivity contribution in [2.45, 2.75) is 32.1 Å². The van der Waals surface area contributed by atoms with Gasteiger partial charge < -0.3 is 10.1 Å². The lowest BCUT2D eigenvalue weighted by atomic mass is 10.00. The Kier molecular flexibility index (Phi) is 11.2. The Hall–Kier alpha value is -2.25. The minimum absolute atomic E-state index is 0.0359. The number of esters is 1. The van der Waals surface area contributed by atoms with Crippen LogP contribution in [-0.4, -0.2) is 41.1 Å². The molecule has 166 valence electrons. The Labute approximate surface area is 192 Å². The van der Waals surface area contributed by atoms with Crippen LogP contribution in [0.1, 0.15) is 25.0 Å². The third-order valence-corrected chi connectivity index (χ3v) is 6.55. The van der Waals surface area contributed by atoms with E-state index >= 15 is 0 Å². The van der Waals surface area contributed by atoms with Gasteiger partial charge in [-0.05, 0) is 24.5 Å². The van der Waals surface area contributed by atoms with Crippen LogP contribution in [-0.2, 0) is 31.3 Å². The van der Waals surface area contributed by atoms with Gasteiger partial charge in [0.2, 0.25) is 5.91 Å². The van der Waals surface area contributed by atoms with Crippen LogP contribution in [0, 0.1) is 5.92 Å². The third kappa shape index (κ3) is 9.61. The van der Waals surface area contributed by atoms with Gasteiger partial charge in [-0.2, -0.15) is 11.8 Å². The van der Waals surface area contributed by atoms with E-state index in [1.807, 2.05) is 60.7 Å². The van der Waals surface area contributed by atoms with Gasteiger partial charge >= 0.3 is 5.97 Å². The molecule has 0 aliphatic rings. The van der Waals surface area contributed by atoms with Crippen molar-refractivity contribution >= 4 is 40.5 Å². The minimum atomic E-state index is -0.734. The predicted molar refractivity (Wildman–Crippen MR) is 128 cm³/mol. The zero-order valence-electron chi connectivity index (χ0n) is 17.9. The fourth-order valence-electron chi connectivity index (χ4n) is 2.91. The lowest BCUT2D eigenvalue weighted by Gasteiger charge is -2.21. The van der Waals surface area contributed by atoms with Gasteiger partial charge in [0.15, 0.2) is 5.12 Å². The molecule has 2 atom stereocenters. The van der Waals surface area contributed by atoms with Crippen LogP contribution in [0.4, 0.5) is 0 Å². The highest BCUT2D eigenvalue weighted by molar-refractivity contribution is 8.13. The van der Waals surface area contributed by atoms with E-state index in [1.165, 1.54) is 6.92 Å². The van der Waals surface area contributed by atoms with Gasteiger partial charge in [0.1, 0.15) is 6.04 Å². The first kappa shape index (κ1) is 25.0. The number of hydrogen-bond donors (Lipinski definition) is 1. The van der Waals surface area contributed by atoms with Crippen molar-refractivity contribution < 1.29 is 19.1 Å². The molecule has 0 saturated carbocycles. The van der Waals surface area contributed by atoms with Crippen molar-refractivity contribution in [2.75, 3.05) is 18.1 Å². The maximum Gasteiger partial charge on any atom is 0.329 e. The number of thioether (sulfide) groups is 2. The lowest BCUT2D eigenvalue weighted by Crippen LogP contribution is -2.47. The number of benzene rings is 2. The third-order valence-electron chi connectivity index (χ3n) is 4.47. The molecule has 2 aromatic rings. The molecule has 1 amide bonds. The summed E-state index contributed by atoms with van der Waals surface area (Å²) in [5.41, 5.74) is 2.17. The minimum Gasteiger partial charge on any atom is -0.464 e. The molecule has 0 unspecified atom stereocenters. The van der Waals surface area contributed by atoms with Crippen molar-refractivity contribution in [1.82, 2.24) is 5.32 Å². The molecule has 0 aliphatic heterocycles. The number of hydrogen-bond acceptors (Lipinski definition) is 6. The summed E-state index contributed by atoms with van der Waals surface area (Å²) in [7, 11) is 0. The number of amides is 1. The van der Waals surface area contributed by atoms with Gasteiger partial charge in [0.05, 0.1) is 12.5 Å². The molecular weight excluding hydrogens is 430 g/mol. The molecule has 0 aromatic heterocycles. The van der Waals surface area contributed by atoms with Gasteiger partial charge in [-0.1, -0.05) is 72.4 Å².